The molecule has 8 heteroatoms. The van der Waals surface area contributed by atoms with Crippen molar-refractivity contribution in [2.24, 2.45) is 11.7 Å². The Morgan fingerprint density at radius 3 is 2.61 bits per heavy atom. The van der Waals surface area contributed by atoms with Gasteiger partial charge in [0, 0.05) is 13.0 Å². The molecular formula is C23H42N2O6. The van der Waals surface area contributed by atoms with Crippen molar-refractivity contribution in [1.82, 2.24) is 5.32 Å². The van der Waals surface area contributed by atoms with Crippen molar-refractivity contribution in [2.45, 2.75) is 95.2 Å². The molecule has 0 spiro atoms. The number of nitrogens with one attached hydrogen (secondary N) is 1. The molecule has 1 saturated carbocycles. The molecule has 0 bridgehead atoms. The predicted molar refractivity (Wildman–Crippen MR) is 119 cm³/mol. The first kappa shape index (κ1) is 26.1. The van der Waals surface area contributed by atoms with Crippen molar-refractivity contribution < 1.29 is 29.2 Å². The summed E-state index contributed by atoms with van der Waals surface area (Å²) in [5.74, 6) is -0.485. The van der Waals surface area contributed by atoms with E-state index in [1.54, 1.807) is 14.0 Å². The first-order valence-electron chi connectivity index (χ1n) is 11.5. The largest absolute Gasteiger partial charge is 0.450 e. The highest BCUT2D eigenvalue weighted by Crippen LogP contribution is 2.52. The van der Waals surface area contributed by atoms with E-state index >= 15 is 0 Å². The van der Waals surface area contributed by atoms with Crippen LogP contribution in [0.25, 0.3) is 0 Å². The summed E-state index contributed by atoms with van der Waals surface area (Å²) < 4.78 is 17.4. The van der Waals surface area contributed by atoms with E-state index < -0.39 is 35.4 Å². The van der Waals surface area contributed by atoms with Crippen LogP contribution in [0.1, 0.15) is 65.7 Å². The zero-order valence-electron chi connectivity index (χ0n) is 19.6. The van der Waals surface area contributed by atoms with Gasteiger partial charge >= 0.3 is 6.09 Å². The number of alkyl carbamates (subject to hydrolysis) is 1. The molecule has 180 valence electrons. The van der Waals surface area contributed by atoms with Crippen LogP contribution < -0.4 is 11.1 Å². The summed E-state index contributed by atoms with van der Waals surface area (Å²) >= 11 is 0. The van der Waals surface area contributed by atoms with E-state index in [2.05, 4.69) is 5.32 Å². The number of rotatable bonds is 11. The number of ether oxygens (including phenoxy) is 3. The zero-order valence-corrected chi connectivity index (χ0v) is 19.6. The van der Waals surface area contributed by atoms with Crippen LogP contribution in [-0.2, 0) is 14.2 Å². The molecule has 1 amide bonds. The number of methoxy groups -OCH3 is 1. The number of fused-ring (bicyclic) bond motifs is 1. The number of nitrogens with two attached hydrogens (primary N) is 1. The summed E-state index contributed by atoms with van der Waals surface area (Å²) in [6.07, 6.45) is 5.99. The van der Waals surface area contributed by atoms with Crippen LogP contribution in [0.5, 0.6) is 0 Å². The van der Waals surface area contributed by atoms with Gasteiger partial charge in [-0.05, 0) is 59.4 Å². The van der Waals surface area contributed by atoms with Crippen molar-refractivity contribution >= 4 is 6.09 Å². The molecule has 0 aromatic carbocycles. The Morgan fingerprint density at radius 1 is 1.29 bits per heavy atom. The van der Waals surface area contributed by atoms with Gasteiger partial charge in [0.05, 0.1) is 42.7 Å². The maximum atomic E-state index is 12.3. The van der Waals surface area contributed by atoms with Crippen molar-refractivity contribution in [3.05, 3.63) is 11.6 Å². The number of unbranched alkanes of at least 4 members (excludes halogenated alkanes) is 3. The van der Waals surface area contributed by atoms with E-state index in [1.807, 2.05) is 19.9 Å². The van der Waals surface area contributed by atoms with Crippen molar-refractivity contribution in [3.8, 4) is 0 Å². The Bertz CT molecular complexity index is 607. The molecule has 2 aliphatic rings. The zero-order chi connectivity index (χ0) is 23.1. The number of carbonyl (C=O) groups is 1. The van der Waals surface area contributed by atoms with Crippen LogP contribution >= 0.6 is 0 Å². The maximum Gasteiger partial charge on any atom is 0.407 e. The molecule has 2 rings (SSSR count). The lowest BCUT2D eigenvalue weighted by Gasteiger charge is -2.47. The Hall–Kier alpha value is -1.19. The minimum Gasteiger partial charge on any atom is -0.450 e. The molecule has 1 aliphatic heterocycles. The van der Waals surface area contributed by atoms with E-state index in [9.17, 15) is 15.0 Å². The van der Waals surface area contributed by atoms with Crippen molar-refractivity contribution in [3.63, 3.8) is 0 Å². The number of allylic oxidation sites excluding steroid dienone is 1. The molecule has 1 aliphatic carbocycles. The smallest absolute Gasteiger partial charge is 0.407 e. The summed E-state index contributed by atoms with van der Waals surface area (Å²) in [5.41, 5.74) is 4.51. The van der Waals surface area contributed by atoms with Gasteiger partial charge in [0.15, 0.2) is 0 Å². The number of amides is 1. The van der Waals surface area contributed by atoms with Gasteiger partial charge in [-0.2, -0.15) is 0 Å². The van der Waals surface area contributed by atoms with Gasteiger partial charge < -0.3 is 35.5 Å². The van der Waals surface area contributed by atoms with E-state index in [0.717, 1.165) is 31.3 Å². The Balaban J connectivity index is 2.04. The van der Waals surface area contributed by atoms with Crippen molar-refractivity contribution in [2.75, 3.05) is 26.9 Å². The number of aliphatic hydroxyl groups excluding tert-OH is 1. The average molecular weight is 443 g/mol. The third-order valence-corrected chi connectivity index (χ3v) is 6.74. The summed E-state index contributed by atoms with van der Waals surface area (Å²) in [4.78, 5) is 12.3. The number of carbonyl (C=O) groups excluding carboxylic acids is 1. The van der Waals surface area contributed by atoms with Gasteiger partial charge in [-0.15, -0.1) is 0 Å². The monoisotopic (exact) mass is 442 g/mol. The van der Waals surface area contributed by atoms with Crippen LogP contribution in [0.2, 0.25) is 0 Å². The maximum absolute atomic E-state index is 12.3. The molecule has 0 aromatic heterocycles. The summed E-state index contributed by atoms with van der Waals surface area (Å²) in [5, 5.41) is 24.6. The average Bonchev–Trinajstić information content (AvgIpc) is 2.96. The van der Waals surface area contributed by atoms with Crippen LogP contribution in [-0.4, -0.2) is 72.6 Å². The Kier molecular flexibility index (Phi) is 9.76. The molecule has 5 N–H and O–H groups in total. The lowest BCUT2D eigenvalue weighted by atomic mass is 9.65. The number of hydrogen-bond acceptors (Lipinski definition) is 7. The quantitative estimate of drug-likeness (QED) is 0.286. The molecule has 0 radical (unpaired) electrons. The van der Waals surface area contributed by atoms with Crippen LogP contribution in [0.15, 0.2) is 11.6 Å². The first-order valence-corrected chi connectivity index (χ1v) is 11.5. The first-order chi connectivity index (χ1) is 14.7. The summed E-state index contributed by atoms with van der Waals surface area (Å²) in [7, 11) is 1.56. The van der Waals surface area contributed by atoms with Gasteiger partial charge in [0.25, 0.3) is 0 Å². The molecule has 31 heavy (non-hydrogen) atoms. The van der Waals surface area contributed by atoms with Crippen molar-refractivity contribution in [1.29, 1.82) is 0 Å². The van der Waals surface area contributed by atoms with Crippen LogP contribution in [0.4, 0.5) is 4.79 Å². The highest BCUT2D eigenvalue weighted by molar-refractivity contribution is 5.67. The van der Waals surface area contributed by atoms with E-state index in [4.69, 9.17) is 19.9 Å². The summed E-state index contributed by atoms with van der Waals surface area (Å²) in [6.45, 7) is 6.57. The molecular weight excluding hydrogens is 400 g/mol. The van der Waals surface area contributed by atoms with Crippen LogP contribution in [0, 0.1) is 5.92 Å². The number of aliphatic hydroxyl groups is 2. The van der Waals surface area contributed by atoms with E-state index in [0.29, 0.717) is 32.4 Å². The van der Waals surface area contributed by atoms with Gasteiger partial charge in [0.1, 0.15) is 0 Å². The van der Waals surface area contributed by atoms with Crippen LogP contribution in [0.3, 0.4) is 0 Å². The minimum atomic E-state index is -1.22. The predicted octanol–water partition coefficient (Wildman–Crippen LogP) is 2.26. The Morgan fingerprint density at radius 2 is 2.00 bits per heavy atom. The molecule has 1 saturated heterocycles. The third-order valence-electron chi connectivity index (χ3n) is 6.74. The van der Waals surface area contributed by atoms with Gasteiger partial charge in [-0.25, -0.2) is 4.79 Å². The lowest BCUT2D eigenvalue weighted by molar-refractivity contribution is -0.149. The second-order valence-electron chi connectivity index (χ2n) is 9.38. The lowest BCUT2D eigenvalue weighted by Crippen LogP contribution is -2.63. The molecule has 6 atom stereocenters. The molecule has 6 unspecified atom stereocenters. The van der Waals surface area contributed by atoms with E-state index in [1.165, 1.54) is 0 Å². The molecule has 1 heterocycles. The highest BCUT2D eigenvalue weighted by Gasteiger charge is 2.66. The molecule has 0 aromatic rings. The SMILES string of the molecule is COC1C(NC(=O)OCCCCCCN)CCC2(CO)OC(CC=C(C)C)C(C)(O)C12. The highest BCUT2D eigenvalue weighted by atomic mass is 16.6. The molecule has 8 nitrogen and oxygen atoms in total. The van der Waals surface area contributed by atoms with E-state index in [-0.39, 0.29) is 12.6 Å². The van der Waals surface area contributed by atoms with Gasteiger partial charge in [-0.3, -0.25) is 0 Å². The second kappa shape index (κ2) is 11.6. The standard InChI is InChI=1S/C23H42N2O6/c1-16(2)9-10-18-22(3,28)20-19(29-4)17(11-12-23(20,15-26)31-18)25-21(27)30-14-8-6-5-7-13-24/h9,17-20,26,28H,5-8,10-15,24H2,1-4H3,(H,25,27). The normalized spacial score (nSPS) is 34.8. The third kappa shape index (κ3) is 6.20. The Labute approximate surface area is 186 Å². The topological polar surface area (TPSA) is 123 Å². The molecule has 2 fully saturated rings. The fourth-order valence-corrected chi connectivity index (χ4v) is 5.11. The fourth-order valence-electron chi connectivity index (χ4n) is 5.11. The van der Waals surface area contributed by atoms with Gasteiger partial charge in [-0.1, -0.05) is 24.5 Å². The number of hydrogen-bond donors (Lipinski definition) is 4. The second-order valence-corrected chi connectivity index (χ2v) is 9.38. The minimum absolute atomic E-state index is 0.209. The summed E-state index contributed by atoms with van der Waals surface area (Å²) in [6, 6.07) is -0.336. The van der Waals surface area contributed by atoms with Gasteiger partial charge in [0.2, 0.25) is 0 Å². The fraction of sp³-hybridized carbons (Fsp3) is 0.870.